The van der Waals surface area contributed by atoms with E-state index in [0.29, 0.717) is 45.1 Å². The van der Waals surface area contributed by atoms with E-state index >= 15 is 0 Å². The van der Waals surface area contributed by atoms with Crippen LogP contribution in [0, 0.1) is 5.41 Å². The molecule has 0 radical (unpaired) electrons. The van der Waals surface area contributed by atoms with Crippen LogP contribution in [0.3, 0.4) is 0 Å². The van der Waals surface area contributed by atoms with Crippen LogP contribution in [-0.2, 0) is 4.74 Å². The molecule has 1 saturated carbocycles. The van der Waals surface area contributed by atoms with Crippen molar-refractivity contribution in [1.29, 1.82) is 0 Å². The molecule has 1 aromatic carbocycles. The van der Waals surface area contributed by atoms with Gasteiger partial charge >= 0.3 is 12.1 Å². The molecule has 0 unspecified atom stereocenters. The number of likely N-dealkylation sites (tertiary alicyclic amines) is 2. The average Bonchev–Trinajstić information content (AvgIpc) is 2.92. The summed E-state index contributed by atoms with van der Waals surface area (Å²) in [6.45, 7) is 13.5. The predicted molar refractivity (Wildman–Crippen MR) is 175 cm³/mol. The van der Waals surface area contributed by atoms with Crippen molar-refractivity contribution < 1.29 is 27.8 Å². The maximum absolute atomic E-state index is 13.7. The normalized spacial score (nSPS) is 22.0. The number of nitrogens with zero attached hydrogens (tertiary/aromatic N) is 5. The van der Waals surface area contributed by atoms with Gasteiger partial charge in [-0.05, 0) is 75.0 Å². The number of alkyl halides is 2. The van der Waals surface area contributed by atoms with Crippen LogP contribution < -0.4 is 14.4 Å². The van der Waals surface area contributed by atoms with Crippen LogP contribution in [0.5, 0.6) is 11.8 Å². The molecule has 13 heteroatoms. The van der Waals surface area contributed by atoms with E-state index in [2.05, 4.69) is 32.7 Å². The van der Waals surface area contributed by atoms with Gasteiger partial charge in [0, 0.05) is 62.9 Å². The Hall–Kier alpha value is -2.18. The topological polar surface area (TPSA) is 80.3 Å². The highest BCUT2D eigenvalue weighted by molar-refractivity contribution is 9.10. The van der Waals surface area contributed by atoms with Gasteiger partial charge in [0.2, 0.25) is 0 Å². The monoisotopic (exact) mass is 715 g/mol. The number of anilines is 1. The van der Waals surface area contributed by atoms with E-state index in [1.165, 1.54) is 0 Å². The number of carbonyl (C=O) groups excluding carboxylic acids is 1. The van der Waals surface area contributed by atoms with Crippen LogP contribution in [-0.4, -0.2) is 95.4 Å². The Labute approximate surface area is 278 Å². The Morgan fingerprint density at radius 1 is 1.07 bits per heavy atom. The number of amides is 1. The Bertz CT molecular complexity index is 1390. The maximum atomic E-state index is 13.7. The van der Waals surface area contributed by atoms with Gasteiger partial charge in [-0.3, -0.25) is 0 Å². The molecule has 0 atom stereocenters. The summed E-state index contributed by atoms with van der Waals surface area (Å²) in [6, 6.07) is 2.06. The van der Waals surface area contributed by atoms with Crippen molar-refractivity contribution >= 4 is 50.3 Å². The molecular formula is C32H45BrClF2N5O4. The van der Waals surface area contributed by atoms with Crippen LogP contribution in [0.15, 0.2) is 10.5 Å². The van der Waals surface area contributed by atoms with Gasteiger partial charge in [-0.25, -0.2) is 13.6 Å². The fourth-order valence-corrected chi connectivity index (χ4v) is 7.21. The van der Waals surface area contributed by atoms with Crippen molar-refractivity contribution in [2.45, 2.75) is 97.4 Å². The molecule has 1 aromatic heterocycles. The number of piperidine rings is 2. The number of fused-ring (bicyclic) bond motifs is 1. The first kappa shape index (κ1) is 34.2. The van der Waals surface area contributed by atoms with E-state index in [4.69, 9.17) is 35.8 Å². The lowest BCUT2D eigenvalue weighted by Crippen LogP contribution is -2.62. The number of rotatable bonds is 6. The van der Waals surface area contributed by atoms with Gasteiger partial charge in [0.05, 0.1) is 9.50 Å². The molecule has 250 valence electrons. The number of carbonyl (C=O) groups is 1. The average molecular weight is 717 g/mol. The van der Waals surface area contributed by atoms with Crippen LogP contribution in [0.25, 0.3) is 10.9 Å². The Morgan fingerprint density at radius 3 is 2.29 bits per heavy atom. The van der Waals surface area contributed by atoms with Crippen LogP contribution >= 0.6 is 27.5 Å². The second-order valence-electron chi connectivity index (χ2n) is 13.8. The van der Waals surface area contributed by atoms with Crippen molar-refractivity contribution in [2.24, 2.45) is 5.41 Å². The first-order valence-electron chi connectivity index (χ1n) is 15.6. The Balaban J connectivity index is 0.00000400. The van der Waals surface area contributed by atoms with Gasteiger partial charge in [0.15, 0.2) is 5.75 Å². The zero-order valence-corrected chi connectivity index (χ0v) is 28.1. The van der Waals surface area contributed by atoms with E-state index in [0.717, 1.165) is 58.4 Å². The predicted octanol–water partition coefficient (Wildman–Crippen LogP) is 7.56. The molecule has 3 saturated heterocycles. The molecule has 1 aliphatic carbocycles. The molecule has 4 aliphatic rings. The summed E-state index contributed by atoms with van der Waals surface area (Å²) in [5, 5.41) is 1.08. The molecule has 0 bridgehead atoms. The lowest BCUT2D eigenvalue weighted by molar-refractivity contribution is -0.134. The van der Waals surface area contributed by atoms with Gasteiger partial charge in [-0.15, -0.1) is 0 Å². The lowest BCUT2D eigenvalue weighted by atomic mass is 9.72. The molecule has 0 N–H and O–H groups in total. The maximum Gasteiger partial charge on any atom is 0.410 e. The minimum absolute atomic E-state index is 0. The summed E-state index contributed by atoms with van der Waals surface area (Å²) in [5.41, 5.74) is 0.0119. The van der Waals surface area contributed by atoms with Crippen molar-refractivity contribution in [3.63, 3.8) is 0 Å². The van der Waals surface area contributed by atoms with Crippen molar-refractivity contribution in [3.05, 3.63) is 15.6 Å². The third-order valence-electron chi connectivity index (χ3n) is 9.22. The minimum atomic E-state index is -2.72. The third-order valence-corrected chi connectivity index (χ3v) is 10.5. The second-order valence-corrected chi connectivity index (χ2v) is 15.0. The van der Waals surface area contributed by atoms with Gasteiger partial charge in [0.1, 0.15) is 29.1 Å². The molecule has 4 fully saturated rings. The quantitative estimate of drug-likeness (QED) is 0.303. The number of hydrogen-bond acceptors (Lipinski definition) is 8. The van der Waals surface area contributed by atoms with Crippen LogP contribution in [0.1, 0.15) is 73.6 Å². The van der Waals surface area contributed by atoms with Gasteiger partial charge < -0.3 is 28.9 Å². The Kier molecular flexibility index (Phi) is 9.71. The number of benzene rings is 1. The Morgan fingerprint density at radius 2 is 1.71 bits per heavy atom. The molecule has 3 aliphatic heterocycles. The van der Waals surface area contributed by atoms with Gasteiger partial charge in [-0.1, -0.05) is 26.0 Å². The zero-order chi connectivity index (χ0) is 31.4. The minimum Gasteiger partial charge on any atom is -0.486 e. The number of ether oxygens (including phenoxy) is 3. The molecule has 6 rings (SSSR count). The second kappa shape index (κ2) is 12.8. The van der Waals surface area contributed by atoms with E-state index < -0.39 is 17.6 Å². The third kappa shape index (κ3) is 7.38. The lowest BCUT2D eigenvalue weighted by Gasteiger charge is -2.53. The van der Waals surface area contributed by atoms with E-state index in [1.54, 1.807) is 11.0 Å². The molecule has 1 spiro atoms. The molecule has 1 amide bonds. The highest BCUT2D eigenvalue weighted by atomic mass is 79.9. The standard InChI is InChI=1S/C31H41BrClF2N5O4.CH4/c1-5-38-10-6-19(7-11-38)43-27-36-24-21(14-22(33)23(32)25(24)42-20-15-31(34,35)16-20)26(37-27)39-12-8-30(9-13-39)17-40(18-30)28(41)44-29(2,3)4;/h14,19-20H,5-13,15-18H2,1-4H3;1H4. The van der Waals surface area contributed by atoms with E-state index in [1.807, 2.05) is 20.8 Å². The summed E-state index contributed by atoms with van der Waals surface area (Å²) in [5.74, 6) is -1.70. The zero-order valence-electron chi connectivity index (χ0n) is 25.8. The highest BCUT2D eigenvalue weighted by Gasteiger charge is 2.49. The summed E-state index contributed by atoms with van der Waals surface area (Å²) in [7, 11) is 0. The molecule has 9 nitrogen and oxygen atoms in total. The smallest absolute Gasteiger partial charge is 0.410 e. The van der Waals surface area contributed by atoms with Crippen LogP contribution in [0.2, 0.25) is 5.02 Å². The summed E-state index contributed by atoms with van der Waals surface area (Å²) in [4.78, 5) is 28.7. The van der Waals surface area contributed by atoms with Crippen molar-refractivity contribution in [2.75, 3.05) is 50.7 Å². The van der Waals surface area contributed by atoms with E-state index in [-0.39, 0.29) is 43.9 Å². The SMILES string of the molecule is C.CCN1CCC(Oc2nc(N3CCC4(CC3)CN(C(=O)OC(C)(C)C)C4)c3cc(Cl)c(Br)c(OC4CC(F)(F)C4)c3n2)CC1. The summed E-state index contributed by atoms with van der Waals surface area (Å²) >= 11 is 10.2. The van der Waals surface area contributed by atoms with Crippen molar-refractivity contribution in [1.82, 2.24) is 19.8 Å². The largest absolute Gasteiger partial charge is 0.486 e. The van der Waals surface area contributed by atoms with Crippen molar-refractivity contribution in [3.8, 4) is 11.8 Å². The molecule has 2 aromatic rings. The molecule has 45 heavy (non-hydrogen) atoms. The molecular weight excluding hydrogens is 672 g/mol. The summed E-state index contributed by atoms with van der Waals surface area (Å²) in [6.07, 6.45) is 1.89. The number of aromatic nitrogens is 2. The van der Waals surface area contributed by atoms with Gasteiger partial charge in [0.25, 0.3) is 5.92 Å². The fourth-order valence-electron chi connectivity index (χ4n) is 6.62. The fraction of sp³-hybridized carbons (Fsp3) is 0.719. The van der Waals surface area contributed by atoms with Crippen LogP contribution in [0.4, 0.5) is 19.4 Å². The van der Waals surface area contributed by atoms with E-state index in [9.17, 15) is 13.6 Å². The first-order valence-corrected chi connectivity index (χ1v) is 16.8. The molecule has 4 heterocycles. The number of halogens is 4. The first-order chi connectivity index (χ1) is 20.7. The summed E-state index contributed by atoms with van der Waals surface area (Å²) < 4.78 is 46.0. The van der Waals surface area contributed by atoms with Gasteiger partial charge in [-0.2, -0.15) is 9.97 Å². The number of hydrogen-bond donors (Lipinski definition) is 0. The highest BCUT2D eigenvalue weighted by Crippen LogP contribution is 2.48.